The number of nitrogens with one attached hydrogen (secondary N) is 2. The highest BCUT2D eigenvalue weighted by molar-refractivity contribution is 7.12. The number of methoxy groups -OCH3 is 1. The fourth-order valence-corrected chi connectivity index (χ4v) is 2.79. The lowest BCUT2D eigenvalue weighted by Gasteiger charge is -2.12. The van der Waals surface area contributed by atoms with Gasteiger partial charge in [0, 0.05) is 6.42 Å². The van der Waals surface area contributed by atoms with Crippen LogP contribution in [0.2, 0.25) is 0 Å². The van der Waals surface area contributed by atoms with Gasteiger partial charge in [-0.05, 0) is 24.3 Å². The Labute approximate surface area is 114 Å². The third-order valence-electron chi connectivity index (χ3n) is 2.91. The van der Waals surface area contributed by atoms with Gasteiger partial charge in [-0.3, -0.25) is 9.59 Å². The molecule has 102 valence electrons. The van der Waals surface area contributed by atoms with Crippen LogP contribution < -0.4 is 10.6 Å². The molecule has 6 nitrogen and oxygen atoms in total. The molecule has 2 amide bonds. The van der Waals surface area contributed by atoms with Crippen molar-refractivity contribution in [3.63, 3.8) is 0 Å². The summed E-state index contributed by atoms with van der Waals surface area (Å²) in [6.07, 6.45) is 0.825. The van der Waals surface area contributed by atoms with Gasteiger partial charge in [0.15, 0.2) is 0 Å². The summed E-state index contributed by atoms with van der Waals surface area (Å²) in [7, 11) is 1.29. The second kappa shape index (κ2) is 5.40. The van der Waals surface area contributed by atoms with E-state index in [0.717, 1.165) is 5.56 Å². The van der Waals surface area contributed by atoms with E-state index in [1.807, 2.05) is 0 Å². The van der Waals surface area contributed by atoms with Crippen LogP contribution in [0.4, 0.5) is 5.69 Å². The Bertz CT molecular complexity index is 538. The number of amides is 2. The van der Waals surface area contributed by atoms with Gasteiger partial charge in [0.25, 0.3) is 0 Å². The van der Waals surface area contributed by atoms with E-state index in [4.69, 9.17) is 0 Å². The lowest BCUT2D eigenvalue weighted by atomic mass is 10.2. The number of anilines is 1. The Kier molecular flexibility index (Phi) is 3.84. The Morgan fingerprint density at radius 2 is 2.26 bits per heavy atom. The number of esters is 1. The zero-order valence-electron chi connectivity index (χ0n) is 10.6. The summed E-state index contributed by atoms with van der Waals surface area (Å²) < 4.78 is 4.66. The largest absolute Gasteiger partial charge is 0.465 e. The van der Waals surface area contributed by atoms with Crippen LogP contribution in [0.1, 0.15) is 28.1 Å². The van der Waals surface area contributed by atoms with Gasteiger partial charge in [-0.2, -0.15) is 0 Å². The molecule has 2 rings (SSSR count). The van der Waals surface area contributed by atoms with Gasteiger partial charge in [-0.25, -0.2) is 4.79 Å². The highest BCUT2D eigenvalue weighted by Gasteiger charge is 2.28. The van der Waals surface area contributed by atoms with Crippen molar-refractivity contribution < 1.29 is 19.1 Å². The average molecular weight is 282 g/mol. The van der Waals surface area contributed by atoms with Gasteiger partial charge in [-0.15, -0.1) is 11.3 Å². The Balaban J connectivity index is 2.14. The summed E-state index contributed by atoms with van der Waals surface area (Å²) in [6, 6.07) is -0.530. The third kappa shape index (κ3) is 2.76. The molecule has 0 unspecified atom stereocenters. The van der Waals surface area contributed by atoms with Crippen molar-refractivity contribution >= 4 is 34.8 Å². The Morgan fingerprint density at radius 1 is 1.53 bits per heavy atom. The summed E-state index contributed by atoms with van der Waals surface area (Å²) in [5.74, 6) is -0.920. The highest BCUT2D eigenvalue weighted by atomic mass is 32.1. The van der Waals surface area contributed by atoms with Crippen molar-refractivity contribution in [1.29, 1.82) is 0 Å². The first kappa shape index (κ1) is 13.5. The molecule has 1 aliphatic rings. The molecular formula is C12H14N2O4S. The first-order valence-corrected chi connectivity index (χ1v) is 6.67. The van der Waals surface area contributed by atoms with Gasteiger partial charge in [-0.1, -0.05) is 0 Å². The molecule has 2 N–H and O–H groups in total. The maximum Gasteiger partial charge on any atom is 0.350 e. The summed E-state index contributed by atoms with van der Waals surface area (Å²) in [5, 5.41) is 7.05. The second-order valence-electron chi connectivity index (χ2n) is 4.26. The second-order valence-corrected chi connectivity index (χ2v) is 5.14. The van der Waals surface area contributed by atoms with Crippen molar-refractivity contribution in [2.75, 3.05) is 12.4 Å². The van der Waals surface area contributed by atoms with E-state index in [1.54, 1.807) is 12.3 Å². The quantitative estimate of drug-likeness (QED) is 0.812. The van der Waals surface area contributed by atoms with Gasteiger partial charge in [0.05, 0.1) is 12.8 Å². The molecule has 1 saturated heterocycles. The van der Waals surface area contributed by atoms with Crippen molar-refractivity contribution in [3.05, 3.63) is 15.8 Å². The molecule has 0 radical (unpaired) electrons. The van der Waals surface area contributed by atoms with E-state index >= 15 is 0 Å². The molecule has 1 aromatic heterocycles. The molecule has 0 bridgehead atoms. The number of thiophene rings is 1. The van der Waals surface area contributed by atoms with E-state index in [-0.39, 0.29) is 11.8 Å². The molecule has 0 aromatic carbocycles. The zero-order valence-corrected chi connectivity index (χ0v) is 11.4. The number of rotatable bonds is 3. The maximum atomic E-state index is 12.0. The minimum absolute atomic E-state index is 0.129. The topological polar surface area (TPSA) is 84.5 Å². The number of carbonyl (C=O) groups excluding carboxylic acids is 3. The predicted molar refractivity (Wildman–Crippen MR) is 70.2 cm³/mol. The fraction of sp³-hybridized carbons (Fsp3) is 0.417. The molecule has 19 heavy (non-hydrogen) atoms. The van der Waals surface area contributed by atoms with Crippen molar-refractivity contribution in [1.82, 2.24) is 5.32 Å². The lowest BCUT2D eigenvalue weighted by Crippen LogP contribution is -2.37. The Hall–Kier alpha value is -1.89. The van der Waals surface area contributed by atoms with Crippen molar-refractivity contribution in [2.45, 2.75) is 25.8 Å². The first-order valence-electron chi connectivity index (χ1n) is 5.79. The van der Waals surface area contributed by atoms with E-state index in [2.05, 4.69) is 15.4 Å². The van der Waals surface area contributed by atoms with E-state index in [0.29, 0.717) is 23.4 Å². The molecule has 1 fully saturated rings. The van der Waals surface area contributed by atoms with Crippen LogP contribution in [-0.2, 0) is 14.3 Å². The van der Waals surface area contributed by atoms with Crippen LogP contribution in [0.25, 0.3) is 0 Å². The van der Waals surface area contributed by atoms with Crippen LogP contribution in [0, 0.1) is 6.92 Å². The minimum atomic E-state index is -0.530. The Morgan fingerprint density at radius 3 is 2.84 bits per heavy atom. The summed E-state index contributed by atoms with van der Waals surface area (Å²) in [4.78, 5) is 35.0. The van der Waals surface area contributed by atoms with Crippen molar-refractivity contribution in [3.8, 4) is 0 Å². The number of hydrogen-bond acceptors (Lipinski definition) is 5. The molecule has 0 aliphatic carbocycles. The summed E-state index contributed by atoms with van der Waals surface area (Å²) in [6.45, 7) is 1.80. The third-order valence-corrected chi connectivity index (χ3v) is 3.98. The van der Waals surface area contributed by atoms with E-state index in [9.17, 15) is 14.4 Å². The van der Waals surface area contributed by atoms with Crippen LogP contribution in [0.5, 0.6) is 0 Å². The van der Waals surface area contributed by atoms with Gasteiger partial charge in [0.2, 0.25) is 11.8 Å². The minimum Gasteiger partial charge on any atom is -0.465 e. The van der Waals surface area contributed by atoms with Crippen LogP contribution >= 0.6 is 11.3 Å². The smallest absolute Gasteiger partial charge is 0.350 e. The molecule has 2 heterocycles. The normalized spacial score (nSPS) is 18.0. The number of carbonyl (C=O) groups is 3. The summed E-state index contributed by atoms with van der Waals surface area (Å²) in [5.41, 5.74) is 1.26. The lowest BCUT2D eigenvalue weighted by molar-refractivity contribution is -0.122. The molecule has 0 saturated carbocycles. The standard InChI is InChI=1S/C12H14N2O4S/c1-6-5-19-10(12(17)18-2)9(6)14-11(16)7-3-4-8(15)13-7/h5,7H,3-4H2,1-2H3,(H,13,15)(H,14,16)/t7-/m1/s1. The van der Waals surface area contributed by atoms with Gasteiger partial charge >= 0.3 is 5.97 Å². The van der Waals surface area contributed by atoms with E-state index in [1.165, 1.54) is 18.4 Å². The fourth-order valence-electron chi connectivity index (χ4n) is 1.86. The average Bonchev–Trinajstić information content (AvgIpc) is 2.96. The monoisotopic (exact) mass is 282 g/mol. The predicted octanol–water partition coefficient (Wildman–Crippen LogP) is 1.06. The number of hydrogen-bond donors (Lipinski definition) is 2. The molecule has 7 heteroatoms. The van der Waals surface area contributed by atoms with Crippen LogP contribution in [-0.4, -0.2) is 30.9 Å². The highest BCUT2D eigenvalue weighted by Crippen LogP contribution is 2.28. The van der Waals surface area contributed by atoms with Gasteiger partial charge < -0.3 is 15.4 Å². The number of ether oxygens (including phenoxy) is 1. The van der Waals surface area contributed by atoms with E-state index < -0.39 is 12.0 Å². The zero-order chi connectivity index (χ0) is 14.0. The SMILES string of the molecule is COC(=O)c1scc(C)c1NC(=O)[C@H]1CCC(=O)N1. The molecule has 0 spiro atoms. The molecule has 1 atom stereocenters. The molecule has 1 aromatic rings. The van der Waals surface area contributed by atoms with Gasteiger partial charge in [0.1, 0.15) is 10.9 Å². The first-order chi connectivity index (χ1) is 9.02. The maximum absolute atomic E-state index is 12.0. The van der Waals surface area contributed by atoms with Crippen LogP contribution in [0.3, 0.4) is 0 Å². The number of aryl methyl sites for hydroxylation is 1. The summed E-state index contributed by atoms with van der Waals surface area (Å²) >= 11 is 1.22. The van der Waals surface area contributed by atoms with Crippen molar-refractivity contribution in [2.24, 2.45) is 0 Å². The molecule has 1 aliphatic heterocycles. The van der Waals surface area contributed by atoms with Crippen LogP contribution in [0.15, 0.2) is 5.38 Å². The molecular weight excluding hydrogens is 268 g/mol.